The van der Waals surface area contributed by atoms with Crippen molar-refractivity contribution in [2.24, 2.45) is 5.92 Å². The Labute approximate surface area is 153 Å². The molecule has 4 nitrogen and oxygen atoms in total. The van der Waals surface area contributed by atoms with Gasteiger partial charge in [-0.25, -0.2) is 0 Å². The van der Waals surface area contributed by atoms with E-state index in [0.717, 1.165) is 17.3 Å². The van der Waals surface area contributed by atoms with Gasteiger partial charge in [-0.2, -0.15) is 13.2 Å². The summed E-state index contributed by atoms with van der Waals surface area (Å²) in [5.41, 5.74) is 1.76. The second-order valence-corrected chi connectivity index (χ2v) is 6.94. The topological polar surface area (TPSA) is 58.2 Å². The van der Waals surface area contributed by atoms with Crippen molar-refractivity contribution in [3.8, 4) is 0 Å². The molecule has 0 radical (unpaired) electrons. The van der Waals surface area contributed by atoms with Crippen LogP contribution in [-0.4, -0.2) is 11.8 Å². The van der Waals surface area contributed by atoms with Gasteiger partial charge in [0.15, 0.2) is 0 Å². The normalized spacial score (nSPS) is 21.2. The number of amides is 2. The Morgan fingerprint density at radius 1 is 1.11 bits per heavy atom. The SMILES string of the molecule is O=C1CCc2cc(NC(=O)[C@@H]3C[C@H]3c3ccccc3C(F)(F)F)ccc2N1. The number of carbonyl (C=O) groups excluding carboxylic acids is 2. The molecule has 1 heterocycles. The Hall–Kier alpha value is -2.83. The first-order valence-corrected chi connectivity index (χ1v) is 8.72. The van der Waals surface area contributed by atoms with Crippen LogP contribution in [0.15, 0.2) is 42.5 Å². The fourth-order valence-electron chi connectivity index (χ4n) is 3.60. The Balaban J connectivity index is 1.47. The van der Waals surface area contributed by atoms with Crippen molar-refractivity contribution in [2.45, 2.75) is 31.4 Å². The van der Waals surface area contributed by atoms with Gasteiger partial charge >= 0.3 is 6.18 Å². The molecule has 0 bridgehead atoms. The number of benzene rings is 2. The summed E-state index contributed by atoms with van der Waals surface area (Å²) in [6.07, 6.45) is -3.04. The molecule has 2 amide bonds. The average Bonchev–Trinajstić information content (AvgIpc) is 3.42. The fraction of sp³-hybridized carbons (Fsp3) is 0.300. The van der Waals surface area contributed by atoms with Crippen LogP contribution in [0.25, 0.3) is 0 Å². The number of anilines is 2. The summed E-state index contributed by atoms with van der Waals surface area (Å²) in [5.74, 6) is -1.20. The first-order chi connectivity index (χ1) is 12.8. The molecule has 1 fully saturated rings. The molecule has 7 heteroatoms. The Bertz CT molecular complexity index is 924. The number of hydrogen-bond donors (Lipinski definition) is 2. The summed E-state index contributed by atoms with van der Waals surface area (Å²) in [4.78, 5) is 23.9. The highest BCUT2D eigenvalue weighted by Crippen LogP contribution is 2.51. The second-order valence-electron chi connectivity index (χ2n) is 6.94. The molecule has 0 unspecified atom stereocenters. The molecule has 0 aromatic heterocycles. The predicted molar refractivity (Wildman–Crippen MR) is 94.3 cm³/mol. The zero-order chi connectivity index (χ0) is 19.2. The van der Waals surface area contributed by atoms with Gasteiger partial charge in [-0.15, -0.1) is 0 Å². The lowest BCUT2D eigenvalue weighted by Crippen LogP contribution is -2.20. The van der Waals surface area contributed by atoms with Crippen molar-refractivity contribution >= 4 is 23.2 Å². The van der Waals surface area contributed by atoms with Crippen LogP contribution in [0.5, 0.6) is 0 Å². The second kappa shape index (κ2) is 6.40. The number of fused-ring (bicyclic) bond motifs is 1. The van der Waals surface area contributed by atoms with E-state index in [2.05, 4.69) is 10.6 Å². The summed E-state index contributed by atoms with van der Waals surface area (Å²) in [6, 6.07) is 10.6. The van der Waals surface area contributed by atoms with Crippen LogP contribution in [-0.2, 0) is 22.2 Å². The highest BCUT2D eigenvalue weighted by Gasteiger charge is 2.47. The number of hydrogen-bond acceptors (Lipinski definition) is 2. The third kappa shape index (κ3) is 3.54. The fourth-order valence-corrected chi connectivity index (χ4v) is 3.60. The van der Waals surface area contributed by atoms with Crippen molar-refractivity contribution in [3.05, 3.63) is 59.2 Å². The van der Waals surface area contributed by atoms with E-state index in [-0.39, 0.29) is 17.4 Å². The third-order valence-electron chi connectivity index (χ3n) is 5.06. The minimum Gasteiger partial charge on any atom is -0.326 e. The van der Waals surface area contributed by atoms with Gasteiger partial charge in [-0.3, -0.25) is 9.59 Å². The van der Waals surface area contributed by atoms with E-state index < -0.39 is 23.6 Å². The van der Waals surface area contributed by atoms with Gasteiger partial charge in [0, 0.05) is 23.7 Å². The lowest BCUT2D eigenvalue weighted by atomic mass is 10.0. The van der Waals surface area contributed by atoms with Crippen molar-refractivity contribution in [2.75, 3.05) is 10.6 Å². The minimum absolute atomic E-state index is 0.0385. The van der Waals surface area contributed by atoms with Crippen LogP contribution in [0.4, 0.5) is 24.5 Å². The number of aryl methyl sites for hydroxylation is 1. The smallest absolute Gasteiger partial charge is 0.326 e. The average molecular weight is 374 g/mol. The van der Waals surface area contributed by atoms with Crippen LogP contribution < -0.4 is 10.6 Å². The van der Waals surface area contributed by atoms with Gasteiger partial charge in [0.25, 0.3) is 0 Å². The molecule has 1 saturated carbocycles. The molecule has 140 valence electrons. The summed E-state index contributed by atoms with van der Waals surface area (Å²) in [5, 5.41) is 5.56. The third-order valence-corrected chi connectivity index (χ3v) is 5.06. The molecule has 1 aliphatic heterocycles. The van der Waals surface area contributed by atoms with E-state index in [9.17, 15) is 22.8 Å². The Morgan fingerprint density at radius 3 is 2.67 bits per heavy atom. The molecule has 1 aliphatic carbocycles. The molecule has 2 aromatic carbocycles. The molecule has 27 heavy (non-hydrogen) atoms. The maximum absolute atomic E-state index is 13.2. The van der Waals surface area contributed by atoms with Crippen LogP contribution in [0, 0.1) is 5.92 Å². The van der Waals surface area contributed by atoms with Crippen LogP contribution in [0.1, 0.15) is 35.4 Å². The van der Waals surface area contributed by atoms with Crippen molar-refractivity contribution < 1.29 is 22.8 Å². The highest BCUT2D eigenvalue weighted by atomic mass is 19.4. The molecular formula is C20H17F3N2O2. The van der Waals surface area contributed by atoms with Crippen molar-refractivity contribution in [1.82, 2.24) is 0 Å². The molecular weight excluding hydrogens is 357 g/mol. The number of rotatable bonds is 3. The molecule has 2 N–H and O–H groups in total. The van der Waals surface area contributed by atoms with Gasteiger partial charge < -0.3 is 10.6 Å². The quantitative estimate of drug-likeness (QED) is 0.840. The first kappa shape index (κ1) is 17.6. The van der Waals surface area contributed by atoms with Gasteiger partial charge in [0.2, 0.25) is 11.8 Å². The summed E-state index contributed by atoms with van der Waals surface area (Å²) >= 11 is 0. The zero-order valence-electron chi connectivity index (χ0n) is 14.3. The number of nitrogens with one attached hydrogen (secondary N) is 2. The van der Waals surface area contributed by atoms with E-state index in [1.165, 1.54) is 12.1 Å². The molecule has 2 atom stereocenters. The largest absolute Gasteiger partial charge is 0.416 e. The Morgan fingerprint density at radius 2 is 1.89 bits per heavy atom. The molecule has 0 saturated heterocycles. The van der Waals surface area contributed by atoms with Crippen molar-refractivity contribution in [1.29, 1.82) is 0 Å². The van der Waals surface area contributed by atoms with Gasteiger partial charge in [-0.05, 0) is 54.2 Å². The maximum atomic E-state index is 13.2. The molecule has 0 spiro atoms. The Kier molecular flexibility index (Phi) is 4.17. The van der Waals surface area contributed by atoms with Crippen LogP contribution in [0.3, 0.4) is 0 Å². The first-order valence-electron chi connectivity index (χ1n) is 8.72. The summed E-state index contributed by atoms with van der Waals surface area (Å²) in [6.45, 7) is 0. The maximum Gasteiger partial charge on any atom is 0.416 e. The van der Waals surface area contributed by atoms with E-state index in [1.807, 2.05) is 0 Å². The summed E-state index contributed by atoms with van der Waals surface area (Å²) in [7, 11) is 0. The minimum atomic E-state index is -4.43. The molecule has 2 aromatic rings. The van der Waals surface area contributed by atoms with Crippen LogP contribution in [0.2, 0.25) is 0 Å². The lowest BCUT2D eigenvalue weighted by molar-refractivity contribution is -0.138. The van der Waals surface area contributed by atoms with Gasteiger partial charge in [0.05, 0.1) is 5.56 Å². The molecule has 2 aliphatic rings. The zero-order valence-corrected chi connectivity index (χ0v) is 14.3. The number of halogens is 3. The van der Waals surface area contributed by atoms with E-state index in [1.54, 1.807) is 24.3 Å². The van der Waals surface area contributed by atoms with E-state index in [0.29, 0.717) is 24.9 Å². The van der Waals surface area contributed by atoms with Crippen LogP contribution >= 0.6 is 0 Å². The molecule has 4 rings (SSSR count). The van der Waals surface area contributed by atoms with Gasteiger partial charge in [0.1, 0.15) is 0 Å². The van der Waals surface area contributed by atoms with Gasteiger partial charge in [-0.1, -0.05) is 18.2 Å². The lowest BCUT2D eigenvalue weighted by Gasteiger charge is -2.18. The number of alkyl halides is 3. The van der Waals surface area contributed by atoms with E-state index >= 15 is 0 Å². The standard InChI is InChI=1S/C20H17F3N2O2/c21-20(22,23)16-4-2-1-3-13(16)14-10-15(14)19(27)24-12-6-7-17-11(9-12)5-8-18(26)25-17/h1-4,6-7,9,14-15H,5,8,10H2,(H,24,27)(H,25,26)/t14-,15+/m0/s1. The van der Waals surface area contributed by atoms with E-state index in [4.69, 9.17) is 0 Å². The highest BCUT2D eigenvalue weighted by molar-refractivity contribution is 5.97. The predicted octanol–water partition coefficient (Wildman–Crippen LogP) is 4.33. The number of carbonyl (C=O) groups is 2. The monoisotopic (exact) mass is 374 g/mol. The summed E-state index contributed by atoms with van der Waals surface area (Å²) < 4.78 is 39.5. The van der Waals surface area contributed by atoms with Crippen molar-refractivity contribution in [3.63, 3.8) is 0 Å².